The van der Waals surface area contributed by atoms with E-state index in [4.69, 9.17) is 0 Å². The Kier molecular flexibility index (Phi) is 2.96. The first kappa shape index (κ1) is 11.6. The van der Waals surface area contributed by atoms with Crippen molar-refractivity contribution in [3.05, 3.63) is 15.6 Å². The Labute approximate surface area is 105 Å². The van der Waals surface area contributed by atoms with Crippen LogP contribution in [0.2, 0.25) is 0 Å². The van der Waals surface area contributed by atoms with Gasteiger partial charge in [-0.05, 0) is 25.3 Å². The average molecular weight is 272 g/mol. The van der Waals surface area contributed by atoms with Gasteiger partial charge < -0.3 is 5.32 Å². The highest BCUT2D eigenvalue weighted by molar-refractivity contribution is 7.90. The number of nitrogens with one attached hydrogen (secondary N) is 1. The fraction of sp³-hybridized carbons (Fsp3) is 0.727. The first-order chi connectivity index (χ1) is 8.12. The summed E-state index contributed by atoms with van der Waals surface area (Å²) in [6.45, 7) is 1.86. The van der Waals surface area contributed by atoms with Crippen molar-refractivity contribution in [1.82, 2.24) is 10.3 Å². The number of aryl methyl sites for hydroxylation is 1. The summed E-state index contributed by atoms with van der Waals surface area (Å²) in [7, 11) is -2.86. The summed E-state index contributed by atoms with van der Waals surface area (Å²) >= 11 is 1.56. The van der Waals surface area contributed by atoms with Crippen molar-refractivity contribution in [3.8, 4) is 0 Å². The van der Waals surface area contributed by atoms with Gasteiger partial charge in [-0.1, -0.05) is 0 Å². The van der Waals surface area contributed by atoms with E-state index in [-0.39, 0.29) is 11.5 Å². The molecule has 0 aromatic carbocycles. The maximum Gasteiger partial charge on any atom is 0.155 e. The second-order valence-electron chi connectivity index (χ2n) is 4.89. The Bertz CT molecular complexity index is 518. The van der Waals surface area contributed by atoms with E-state index in [1.807, 2.05) is 0 Å². The molecule has 1 aromatic heterocycles. The molecular weight excluding hydrogens is 256 g/mol. The molecule has 0 unspecified atom stereocenters. The van der Waals surface area contributed by atoms with Gasteiger partial charge >= 0.3 is 0 Å². The summed E-state index contributed by atoms with van der Waals surface area (Å²) in [5.74, 6) is 1.33. The van der Waals surface area contributed by atoms with E-state index in [2.05, 4.69) is 10.3 Å². The molecular formula is C11H16N2O2S2. The topological polar surface area (TPSA) is 59.1 Å². The zero-order valence-corrected chi connectivity index (χ0v) is 11.2. The van der Waals surface area contributed by atoms with Gasteiger partial charge in [-0.2, -0.15) is 0 Å². The second kappa shape index (κ2) is 4.33. The maximum atomic E-state index is 11.5. The van der Waals surface area contributed by atoms with Gasteiger partial charge in [0.1, 0.15) is 5.01 Å². The number of hydrogen-bond donors (Lipinski definition) is 1. The lowest BCUT2D eigenvalue weighted by Crippen LogP contribution is -2.17. The van der Waals surface area contributed by atoms with Crippen LogP contribution in [-0.2, 0) is 28.6 Å². The van der Waals surface area contributed by atoms with Crippen LogP contribution in [0.4, 0.5) is 0 Å². The first-order valence-corrected chi connectivity index (χ1v) is 8.65. The van der Waals surface area contributed by atoms with E-state index in [1.165, 1.54) is 12.8 Å². The van der Waals surface area contributed by atoms with Gasteiger partial charge in [-0.3, -0.25) is 0 Å². The summed E-state index contributed by atoms with van der Waals surface area (Å²) in [6.07, 6.45) is 3.29. The van der Waals surface area contributed by atoms with E-state index in [0.29, 0.717) is 6.42 Å². The number of rotatable bonds is 4. The Morgan fingerprint density at radius 3 is 3.00 bits per heavy atom. The number of hydrogen-bond acceptors (Lipinski definition) is 5. The molecule has 1 aliphatic heterocycles. The number of fused-ring (bicyclic) bond motifs is 1. The molecule has 1 aliphatic carbocycles. The summed E-state index contributed by atoms with van der Waals surface area (Å²) < 4.78 is 23.0. The number of aromatic nitrogens is 1. The van der Waals surface area contributed by atoms with Crippen molar-refractivity contribution < 1.29 is 8.42 Å². The zero-order chi connectivity index (χ0) is 11.9. The minimum atomic E-state index is -2.86. The van der Waals surface area contributed by atoms with E-state index in [0.717, 1.165) is 34.6 Å². The van der Waals surface area contributed by atoms with Crippen LogP contribution in [-0.4, -0.2) is 25.7 Å². The van der Waals surface area contributed by atoms with Crippen LogP contribution in [0.15, 0.2) is 0 Å². The van der Waals surface area contributed by atoms with E-state index < -0.39 is 9.84 Å². The molecule has 0 atom stereocenters. The molecule has 0 saturated heterocycles. The molecule has 1 aromatic rings. The largest absolute Gasteiger partial charge is 0.310 e. The summed E-state index contributed by atoms with van der Waals surface area (Å²) in [6, 6.07) is 0. The molecule has 6 heteroatoms. The minimum Gasteiger partial charge on any atom is -0.310 e. The summed E-state index contributed by atoms with van der Waals surface area (Å²) in [5.41, 5.74) is 1.01. The molecule has 1 N–H and O–H groups in total. The van der Waals surface area contributed by atoms with Crippen LogP contribution in [0, 0.1) is 5.92 Å². The molecule has 0 radical (unpaired) electrons. The van der Waals surface area contributed by atoms with E-state index in [1.54, 1.807) is 11.3 Å². The van der Waals surface area contributed by atoms with Gasteiger partial charge in [0.2, 0.25) is 0 Å². The predicted octanol–water partition coefficient (Wildman–Crippen LogP) is 1.11. The lowest BCUT2D eigenvalue weighted by Gasteiger charge is -2.09. The summed E-state index contributed by atoms with van der Waals surface area (Å²) in [5, 5.41) is 4.43. The highest BCUT2D eigenvalue weighted by Gasteiger charge is 2.25. The quantitative estimate of drug-likeness (QED) is 0.892. The maximum absolute atomic E-state index is 11.5. The summed E-state index contributed by atoms with van der Waals surface area (Å²) in [4.78, 5) is 5.48. The lowest BCUT2D eigenvalue weighted by molar-refractivity contribution is 0.591. The fourth-order valence-electron chi connectivity index (χ4n) is 2.05. The Morgan fingerprint density at radius 2 is 2.24 bits per heavy atom. The van der Waals surface area contributed by atoms with E-state index >= 15 is 0 Å². The smallest absolute Gasteiger partial charge is 0.155 e. The third-order valence-electron chi connectivity index (χ3n) is 3.23. The number of sulfone groups is 1. The van der Waals surface area contributed by atoms with Crippen LogP contribution < -0.4 is 5.32 Å². The van der Waals surface area contributed by atoms with Gasteiger partial charge in [0, 0.05) is 17.8 Å². The van der Waals surface area contributed by atoms with Crippen molar-refractivity contribution in [1.29, 1.82) is 0 Å². The van der Waals surface area contributed by atoms with Crippen LogP contribution in [0.25, 0.3) is 0 Å². The highest BCUT2D eigenvalue weighted by atomic mass is 32.2. The normalized spacial score (nSPS) is 22.4. The molecule has 1 fully saturated rings. The van der Waals surface area contributed by atoms with Crippen molar-refractivity contribution in [2.45, 2.75) is 31.6 Å². The molecule has 0 amide bonds. The Morgan fingerprint density at radius 1 is 1.41 bits per heavy atom. The van der Waals surface area contributed by atoms with Gasteiger partial charge in [0.05, 0.1) is 17.2 Å². The Hall–Kier alpha value is -0.460. The average Bonchev–Trinajstić information content (AvgIpc) is 2.98. The first-order valence-electron chi connectivity index (χ1n) is 6.01. The molecule has 17 heavy (non-hydrogen) atoms. The minimum absolute atomic E-state index is 0.197. The standard InChI is InChI=1S/C11H16N2O2S2/c14-17(15)4-3-9-10(7-17)16-11(13-9)6-12-5-8-1-2-8/h8,12H,1-7H2. The van der Waals surface area contributed by atoms with Crippen molar-refractivity contribution in [2.24, 2.45) is 5.92 Å². The van der Waals surface area contributed by atoms with Gasteiger partial charge in [-0.15, -0.1) is 11.3 Å². The van der Waals surface area contributed by atoms with Crippen LogP contribution >= 0.6 is 11.3 Å². The molecule has 0 bridgehead atoms. The van der Waals surface area contributed by atoms with Crippen molar-refractivity contribution in [2.75, 3.05) is 12.3 Å². The fourth-order valence-corrected chi connectivity index (χ4v) is 4.92. The highest BCUT2D eigenvalue weighted by Crippen LogP contribution is 2.28. The van der Waals surface area contributed by atoms with Crippen molar-refractivity contribution >= 4 is 21.2 Å². The number of nitrogens with zero attached hydrogens (tertiary/aromatic N) is 1. The molecule has 4 nitrogen and oxygen atoms in total. The molecule has 2 aliphatic rings. The molecule has 0 spiro atoms. The van der Waals surface area contributed by atoms with Crippen LogP contribution in [0.1, 0.15) is 28.4 Å². The molecule has 1 saturated carbocycles. The second-order valence-corrected chi connectivity index (χ2v) is 8.25. The van der Waals surface area contributed by atoms with Gasteiger partial charge in [0.15, 0.2) is 9.84 Å². The molecule has 94 valence electrons. The van der Waals surface area contributed by atoms with Crippen molar-refractivity contribution in [3.63, 3.8) is 0 Å². The van der Waals surface area contributed by atoms with E-state index in [9.17, 15) is 8.42 Å². The monoisotopic (exact) mass is 272 g/mol. The Balaban J connectivity index is 1.64. The van der Waals surface area contributed by atoms with Gasteiger partial charge in [0.25, 0.3) is 0 Å². The lowest BCUT2D eigenvalue weighted by atomic mass is 10.3. The predicted molar refractivity (Wildman–Crippen MR) is 67.7 cm³/mol. The zero-order valence-electron chi connectivity index (χ0n) is 9.61. The molecule has 3 rings (SSSR count). The third kappa shape index (κ3) is 2.86. The SMILES string of the molecule is O=S1(=O)CCc2nc(CNCC3CC3)sc2C1. The molecule has 2 heterocycles. The van der Waals surface area contributed by atoms with Crippen LogP contribution in [0.3, 0.4) is 0 Å². The third-order valence-corrected chi connectivity index (χ3v) is 6.06. The van der Waals surface area contributed by atoms with Crippen LogP contribution in [0.5, 0.6) is 0 Å². The van der Waals surface area contributed by atoms with Gasteiger partial charge in [-0.25, -0.2) is 13.4 Å². The number of thiazole rings is 1.